The molecule has 0 saturated carbocycles. The maximum absolute atomic E-state index is 5.33. The van der Waals surface area contributed by atoms with Gasteiger partial charge in [-0.15, -0.1) is 0 Å². The molecule has 0 aliphatic carbocycles. The lowest BCUT2D eigenvalue weighted by molar-refractivity contribution is 0.414. The molecule has 28 heavy (non-hydrogen) atoms. The van der Waals surface area contributed by atoms with Gasteiger partial charge in [-0.25, -0.2) is 4.98 Å². The maximum Gasteiger partial charge on any atom is 0.209 e. The Balaban J connectivity index is 1.70. The molecule has 1 N–H and O–H groups in total. The van der Waals surface area contributed by atoms with Gasteiger partial charge in [0.1, 0.15) is 5.75 Å². The molecule has 5 rings (SSSR count). The summed E-state index contributed by atoms with van der Waals surface area (Å²) in [6.45, 7) is 0. The Morgan fingerprint density at radius 2 is 1.82 bits per heavy atom. The first-order valence-electron chi connectivity index (χ1n) is 9.08. The number of rotatable bonds is 3. The molecule has 1 aliphatic rings. The monoisotopic (exact) mass is 431 g/mol. The molecule has 1 aromatic heterocycles. The lowest BCUT2D eigenvalue weighted by atomic mass is 10.0. The number of benzene rings is 3. The molecular formula is C23H18BrN3O. The van der Waals surface area contributed by atoms with E-state index >= 15 is 0 Å². The highest BCUT2D eigenvalue weighted by molar-refractivity contribution is 9.10. The maximum atomic E-state index is 5.33. The van der Waals surface area contributed by atoms with E-state index in [1.807, 2.05) is 36.4 Å². The highest BCUT2D eigenvalue weighted by atomic mass is 79.9. The highest BCUT2D eigenvalue weighted by Crippen LogP contribution is 2.37. The Bertz CT molecular complexity index is 1190. The van der Waals surface area contributed by atoms with E-state index in [1.165, 1.54) is 5.56 Å². The van der Waals surface area contributed by atoms with Crippen LogP contribution < -0.4 is 10.1 Å². The Morgan fingerprint density at radius 1 is 1.00 bits per heavy atom. The number of allylic oxidation sites excluding steroid dienone is 1. The third-order valence-corrected chi connectivity index (χ3v) is 5.53. The zero-order valence-electron chi connectivity index (χ0n) is 15.3. The van der Waals surface area contributed by atoms with E-state index in [0.29, 0.717) is 0 Å². The number of hydrogen-bond donors (Lipinski definition) is 1. The van der Waals surface area contributed by atoms with Gasteiger partial charge in [0.2, 0.25) is 5.95 Å². The fourth-order valence-corrected chi connectivity index (χ4v) is 4.08. The molecule has 0 bridgehead atoms. The second-order valence-corrected chi connectivity index (χ2v) is 7.64. The van der Waals surface area contributed by atoms with Gasteiger partial charge in [-0.2, -0.15) is 0 Å². The molecule has 1 aliphatic heterocycles. The third kappa shape index (κ3) is 2.88. The molecule has 4 aromatic rings. The van der Waals surface area contributed by atoms with Gasteiger partial charge in [-0.3, -0.25) is 4.57 Å². The molecule has 1 unspecified atom stereocenters. The molecule has 3 aromatic carbocycles. The summed E-state index contributed by atoms with van der Waals surface area (Å²) in [7, 11) is 1.69. The first-order valence-corrected chi connectivity index (χ1v) is 9.88. The van der Waals surface area contributed by atoms with Gasteiger partial charge in [0, 0.05) is 10.2 Å². The van der Waals surface area contributed by atoms with Crippen LogP contribution in [0.15, 0.2) is 83.3 Å². The van der Waals surface area contributed by atoms with Crippen LogP contribution in [0.4, 0.5) is 5.95 Å². The van der Waals surface area contributed by atoms with E-state index in [4.69, 9.17) is 9.72 Å². The van der Waals surface area contributed by atoms with Gasteiger partial charge < -0.3 is 10.1 Å². The predicted molar refractivity (Wildman–Crippen MR) is 117 cm³/mol. The molecule has 1 atom stereocenters. The van der Waals surface area contributed by atoms with Crippen LogP contribution in [0, 0.1) is 0 Å². The van der Waals surface area contributed by atoms with Crippen molar-refractivity contribution in [3.8, 4) is 5.75 Å². The van der Waals surface area contributed by atoms with E-state index in [2.05, 4.69) is 68.3 Å². The van der Waals surface area contributed by atoms with Crippen molar-refractivity contribution in [3.05, 3.63) is 94.5 Å². The number of nitrogens with zero attached hydrogens (tertiary/aromatic N) is 2. The van der Waals surface area contributed by atoms with E-state index in [1.54, 1.807) is 7.11 Å². The van der Waals surface area contributed by atoms with Gasteiger partial charge in [-0.05, 0) is 53.6 Å². The molecule has 2 heterocycles. The minimum Gasteiger partial charge on any atom is -0.497 e. The summed E-state index contributed by atoms with van der Waals surface area (Å²) < 4.78 is 8.63. The Morgan fingerprint density at radius 3 is 2.61 bits per heavy atom. The van der Waals surface area contributed by atoms with Crippen LogP contribution in [-0.2, 0) is 0 Å². The van der Waals surface area contributed by atoms with Crippen molar-refractivity contribution in [1.29, 1.82) is 0 Å². The van der Waals surface area contributed by atoms with Crippen LogP contribution in [0.3, 0.4) is 0 Å². The second kappa shape index (κ2) is 6.84. The summed E-state index contributed by atoms with van der Waals surface area (Å²) in [5.41, 5.74) is 5.43. The van der Waals surface area contributed by atoms with Crippen molar-refractivity contribution < 1.29 is 4.74 Å². The minimum atomic E-state index is 0.0311. The van der Waals surface area contributed by atoms with E-state index in [9.17, 15) is 0 Å². The number of nitrogens with one attached hydrogen (secondary N) is 1. The van der Waals surface area contributed by atoms with Gasteiger partial charge in [0.15, 0.2) is 0 Å². The van der Waals surface area contributed by atoms with Crippen molar-refractivity contribution in [3.63, 3.8) is 0 Å². The predicted octanol–water partition coefficient (Wildman–Crippen LogP) is 5.86. The molecule has 0 radical (unpaired) electrons. The van der Waals surface area contributed by atoms with Crippen LogP contribution >= 0.6 is 15.9 Å². The summed E-state index contributed by atoms with van der Waals surface area (Å²) in [5.74, 6) is 1.70. The number of hydrogen-bond acceptors (Lipinski definition) is 3. The Labute approximate surface area is 171 Å². The largest absolute Gasteiger partial charge is 0.497 e. The Kier molecular flexibility index (Phi) is 4.17. The van der Waals surface area contributed by atoms with Crippen molar-refractivity contribution in [1.82, 2.24) is 9.55 Å². The van der Waals surface area contributed by atoms with Crippen LogP contribution in [0.2, 0.25) is 0 Å². The molecule has 0 spiro atoms. The quantitative estimate of drug-likeness (QED) is 0.441. The van der Waals surface area contributed by atoms with Crippen LogP contribution in [-0.4, -0.2) is 16.7 Å². The zero-order chi connectivity index (χ0) is 19.1. The Hall–Kier alpha value is -3.05. The van der Waals surface area contributed by atoms with Crippen molar-refractivity contribution in [2.45, 2.75) is 6.04 Å². The first-order chi connectivity index (χ1) is 13.7. The number of imidazole rings is 1. The fraction of sp³-hybridized carbons (Fsp3) is 0.0870. The summed E-state index contributed by atoms with van der Waals surface area (Å²) in [4.78, 5) is 4.84. The van der Waals surface area contributed by atoms with Crippen LogP contribution in [0.5, 0.6) is 5.75 Å². The summed E-state index contributed by atoms with van der Waals surface area (Å²) in [6.07, 6.45) is 2.25. The number of methoxy groups -OCH3 is 1. The van der Waals surface area contributed by atoms with Crippen molar-refractivity contribution >= 4 is 38.6 Å². The van der Waals surface area contributed by atoms with Gasteiger partial charge in [0.25, 0.3) is 0 Å². The lowest BCUT2D eigenvalue weighted by Gasteiger charge is -2.27. The number of aromatic nitrogens is 2. The number of para-hydroxylation sites is 2. The number of anilines is 1. The normalized spacial score (nSPS) is 15.6. The molecule has 0 saturated heterocycles. The highest BCUT2D eigenvalue weighted by Gasteiger charge is 2.25. The van der Waals surface area contributed by atoms with E-state index in [-0.39, 0.29) is 6.04 Å². The van der Waals surface area contributed by atoms with E-state index < -0.39 is 0 Å². The summed E-state index contributed by atoms with van der Waals surface area (Å²) >= 11 is 3.57. The fourth-order valence-electron chi connectivity index (χ4n) is 3.68. The van der Waals surface area contributed by atoms with Crippen molar-refractivity contribution in [2.75, 3.05) is 12.4 Å². The minimum absolute atomic E-state index is 0.0311. The third-order valence-electron chi connectivity index (χ3n) is 5.04. The molecular weight excluding hydrogens is 414 g/mol. The lowest BCUT2D eigenvalue weighted by Crippen LogP contribution is -2.19. The second-order valence-electron chi connectivity index (χ2n) is 6.73. The van der Waals surface area contributed by atoms with Gasteiger partial charge in [-0.1, -0.05) is 52.3 Å². The van der Waals surface area contributed by atoms with Gasteiger partial charge in [0.05, 0.1) is 24.2 Å². The number of ether oxygens (including phenoxy) is 1. The molecule has 0 amide bonds. The zero-order valence-corrected chi connectivity index (χ0v) is 16.8. The molecule has 4 nitrogen and oxygen atoms in total. The summed E-state index contributed by atoms with van der Waals surface area (Å²) in [5, 5.41) is 3.52. The first kappa shape index (κ1) is 17.1. The van der Waals surface area contributed by atoms with Crippen molar-refractivity contribution in [2.24, 2.45) is 0 Å². The van der Waals surface area contributed by atoms with E-state index in [0.717, 1.165) is 38.5 Å². The van der Waals surface area contributed by atoms with Gasteiger partial charge >= 0.3 is 0 Å². The topological polar surface area (TPSA) is 39.1 Å². The average Bonchev–Trinajstić information content (AvgIpc) is 3.12. The molecule has 5 heteroatoms. The number of halogens is 1. The molecule has 138 valence electrons. The number of fused-ring (bicyclic) bond motifs is 3. The average molecular weight is 432 g/mol. The summed E-state index contributed by atoms with van der Waals surface area (Å²) in [6, 6.07) is 24.8. The van der Waals surface area contributed by atoms with Crippen LogP contribution in [0.25, 0.3) is 16.7 Å². The standard InChI is InChI=1S/C23H18BrN3O/c1-28-18-11-9-15(10-12-18)22-14-20(16-5-4-6-17(24)13-16)26-23-25-19-7-2-3-8-21(19)27(22)23/h2-14,22H,1H3,(H,25,26). The smallest absolute Gasteiger partial charge is 0.209 e. The van der Waals surface area contributed by atoms with Crippen LogP contribution in [0.1, 0.15) is 17.2 Å². The SMILES string of the molecule is COc1ccc(C2C=C(c3cccc(Br)c3)Nc3nc4ccccc4n32)cc1. The molecule has 0 fully saturated rings.